The number of hydrogen-bond donors (Lipinski definition) is 4. The highest BCUT2D eigenvalue weighted by molar-refractivity contribution is 5.89. The third-order valence-corrected chi connectivity index (χ3v) is 5.23. The van der Waals surface area contributed by atoms with Gasteiger partial charge in [0.2, 0.25) is 5.91 Å². The Labute approximate surface area is 218 Å². The molecule has 1 aromatic carbocycles. The predicted octanol–water partition coefficient (Wildman–Crippen LogP) is 4.06. The third kappa shape index (κ3) is 12.0. The van der Waals surface area contributed by atoms with E-state index in [4.69, 9.17) is 9.90 Å². The van der Waals surface area contributed by atoms with Gasteiger partial charge in [-0.3, -0.25) is 9.59 Å². The number of Topliss-reactive ketones (excluding diaryl/α,β-unsaturated/α-hetero) is 1. The Morgan fingerprint density at radius 3 is 2.32 bits per heavy atom. The Morgan fingerprint density at radius 1 is 1.11 bits per heavy atom. The summed E-state index contributed by atoms with van der Waals surface area (Å²) in [5.74, 6) is -2.94. The molecule has 1 aromatic heterocycles. The Balaban J connectivity index is 0.000000905. The van der Waals surface area contributed by atoms with Crippen molar-refractivity contribution in [3.8, 4) is 11.3 Å². The second kappa shape index (κ2) is 15.5. The number of carboxylic acid groups (broad SMARTS) is 2. The fourth-order valence-corrected chi connectivity index (χ4v) is 3.31. The molecule has 13 heteroatoms. The number of ketones is 1. The van der Waals surface area contributed by atoms with Crippen LogP contribution in [0.25, 0.3) is 11.3 Å². The van der Waals surface area contributed by atoms with Gasteiger partial charge >= 0.3 is 18.1 Å². The Morgan fingerprint density at radius 2 is 1.76 bits per heavy atom. The molecule has 0 saturated heterocycles. The number of hydrogen-bond acceptors (Lipinski definition) is 6. The van der Waals surface area contributed by atoms with Crippen molar-refractivity contribution in [3.63, 3.8) is 0 Å². The number of aromatic nitrogens is 2. The lowest BCUT2D eigenvalue weighted by molar-refractivity contribution is -0.192. The molecule has 0 bridgehead atoms. The highest BCUT2D eigenvalue weighted by Crippen LogP contribution is 2.23. The Kier molecular flexibility index (Phi) is 13.2. The number of carbonyl (C=O) groups excluding carboxylic acids is 2. The minimum absolute atomic E-state index is 0.0954. The van der Waals surface area contributed by atoms with Crippen molar-refractivity contribution < 1.29 is 42.6 Å². The van der Waals surface area contributed by atoms with Crippen molar-refractivity contribution in [2.75, 3.05) is 20.6 Å². The number of likely N-dealkylation sites (N-methyl/N-ethyl adjacent to an activating group) is 1. The number of carbonyl (C=O) groups is 4. The van der Waals surface area contributed by atoms with Gasteiger partial charge < -0.3 is 25.4 Å². The van der Waals surface area contributed by atoms with Crippen LogP contribution in [-0.2, 0) is 14.4 Å². The smallest absolute Gasteiger partial charge is 0.478 e. The predicted molar refractivity (Wildman–Crippen MR) is 132 cm³/mol. The number of aliphatic carboxylic acids is 1. The molecular formula is C25H33F3N4O6. The first-order valence-corrected chi connectivity index (χ1v) is 11.9. The topological polar surface area (TPSA) is 153 Å². The molecule has 1 heterocycles. The Bertz CT molecular complexity index is 1090. The summed E-state index contributed by atoms with van der Waals surface area (Å²) in [5, 5.41) is 19.4. The van der Waals surface area contributed by atoms with Gasteiger partial charge in [0.15, 0.2) is 0 Å². The van der Waals surface area contributed by atoms with Crippen LogP contribution < -0.4 is 5.32 Å². The number of unbranched alkanes of at least 4 members (excludes halogenated alkanes) is 2. The number of carboxylic acids is 2. The van der Waals surface area contributed by atoms with Crippen LogP contribution in [0.3, 0.4) is 0 Å². The van der Waals surface area contributed by atoms with E-state index in [-0.39, 0.29) is 29.8 Å². The SMILES string of the molecule is CCC(=O)CCCCC[C@H](NC(=O)CN(C)C)c1ncc(-c2cccc(C(=O)O)c2)[nH]1.O=C(O)C(F)(F)F. The van der Waals surface area contributed by atoms with Crippen molar-refractivity contribution in [1.82, 2.24) is 20.2 Å². The van der Waals surface area contributed by atoms with Gasteiger partial charge in [0.1, 0.15) is 11.6 Å². The lowest BCUT2D eigenvalue weighted by Gasteiger charge is -2.18. The molecule has 2 aromatic rings. The van der Waals surface area contributed by atoms with E-state index >= 15 is 0 Å². The lowest BCUT2D eigenvalue weighted by atomic mass is 10.0. The van der Waals surface area contributed by atoms with Gasteiger partial charge in [0, 0.05) is 18.4 Å². The summed E-state index contributed by atoms with van der Waals surface area (Å²) in [5.41, 5.74) is 1.61. The standard InChI is InChI=1S/C23H32N4O4.C2HF3O2/c1-4-18(28)11-6-5-7-12-19(25-21(29)15-27(2)3)22-24-14-20(26-22)16-9-8-10-17(13-16)23(30)31;3-2(4,5)1(6)7/h8-10,13-14,19H,4-7,11-12,15H2,1-3H3,(H,24,26)(H,25,29)(H,30,31);(H,6,7)/t19-;/m0./s1. The maximum absolute atomic E-state index is 12.3. The van der Waals surface area contributed by atoms with Crippen LogP contribution in [0, 0.1) is 0 Å². The van der Waals surface area contributed by atoms with Gasteiger partial charge in [0.25, 0.3) is 0 Å². The zero-order valence-corrected chi connectivity index (χ0v) is 21.5. The highest BCUT2D eigenvalue weighted by atomic mass is 19.4. The zero-order valence-electron chi connectivity index (χ0n) is 21.5. The molecule has 1 amide bonds. The van der Waals surface area contributed by atoms with E-state index in [0.717, 1.165) is 24.8 Å². The average Bonchev–Trinajstić information content (AvgIpc) is 3.32. The van der Waals surface area contributed by atoms with Crippen molar-refractivity contribution in [2.45, 2.75) is 57.7 Å². The monoisotopic (exact) mass is 542 g/mol. The average molecular weight is 543 g/mol. The van der Waals surface area contributed by atoms with E-state index in [2.05, 4.69) is 15.3 Å². The fraction of sp³-hybridized carbons (Fsp3) is 0.480. The number of halogens is 3. The van der Waals surface area contributed by atoms with E-state index in [0.29, 0.717) is 30.8 Å². The number of imidazole rings is 1. The first-order valence-electron chi connectivity index (χ1n) is 11.9. The van der Waals surface area contributed by atoms with Crippen molar-refractivity contribution in [2.24, 2.45) is 0 Å². The van der Waals surface area contributed by atoms with Crippen LogP contribution in [0.1, 0.15) is 67.7 Å². The number of nitrogens with one attached hydrogen (secondary N) is 2. The summed E-state index contributed by atoms with van der Waals surface area (Å²) in [6, 6.07) is 6.34. The first kappa shape index (κ1) is 32.3. The van der Waals surface area contributed by atoms with Crippen molar-refractivity contribution in [1.29, 1.82) is 0 Å². The van der Waals surface area contributed by atoms with Crippen LogP contribution in [0.15, 0.2) is 30.5 Å². The third-order valence-electron chi connectivity index (χ3n) is 5.23. The maximum atomic E-state index is 12.3. The molecular weight excluding hydrogens is 509 g/mol. The number of alkyl halides is 3. The molecule has 210 valence electrons. The van der Waals surface area contributed by atoms with Crippen LogP contribution in [0.4, 0.5) is 13.2 Å². The zero-order chi connectivity index (χ0) is 28.9. The highest BCUT2D eigenvalue weighted by Gasteiger charge is 2.38. The van der Waals surface area contributed by atoms with E-state index in [1.807, 2.05) is 27.1 Å². The van der Waals surface area contributed by atoms with E-state index in [1.54, 1.807) is 23.2 Å². The molecule has 0 aliphatic heterocycles. The number of H-pyrrole nitrogens is 1. The summed E-state index contributed by atoms with van der Waals surface area (Å²) < 4.78 is 31.7. The van der Waals surface area contributed by atoms with Gasteiger partial charge in [-0.1, -0.05) is 31.9 Å². The molecule has 10 nitrogen and oxygen atoms in total. The number of rotatable bonds is 13. The molecule has 1 atom stereocenters. The van der Waals surface area contributed by atoms with Crippen LogP contribution in [0.5, 0.6) is 0 Å². The van der Waals surface area contributed by atoms with Gasteiger partial charge in [-0.15, -0.1) is 0 Å². The summed E-state index contributed by atoms with van der Waals surface area (Å²) in [7, 11) is 3.67. The van der Waals surface area contributed by atoms with Gasteiger partial charge in [-0.2, -0.15) is 13.2 Å². The Hall–Kier alpha value is -3.74. The van der Waals surface area contributed by atoms with E-state index < -0.39 is 18.1 Å². The molecule has 0 radical (unpaired) electrons. The first-order chi connectivity index (χ1) is 17.7. The largest absolute Gasteiger partial charge is 0.490 e. The lowest BCUT2D eigenvalue weighted by Crippen LogP contribution is -2.36. The molecule has 0 aliphatic rings. The number of nitrogens with zero attached hydrogens (tertiary/aromatic N) is 2. The number of benzene rings is 1. The van der Waals surface area contributed by atoms with Crippen LogP contribution >= 0.6 is 0 Å². The summed E-state index contributed by atoms with van der Waals surface area (Å²) >= 11 is 0. The number of amides is 1. The summed E-state index contributed by atoms with van der Waals surface area (Å²) in [6.45, 7) is 2.15. The number of aromatic amines is 1. The van der Waals surface area contributed by atoms with Crippen molar-refractivity contribution in [3.05, 3.63) is 41.9 Å². The van der Waals surface area contributed by atoms with E-state index in [1.165, 1.54) is 6.07 Å². The molecule has 0 spiro atoms. The molecule has 4 N–H and O–H groups in total. The van der Waals surface area contributed by atoms with Crippen molar-refractivity contribution >= 4 is 23.6 Å². The molecule has 0 aliphatic carbocycles. The molecule has 2 rings (SSSR count). The summed E-state index contributed by atoms with van der Waals surface area (Å²) in [6.07, 6.45) is 1.04. The van der Waals surface area contributed by atoms with Gasteiger partial charge in [-0.25, -0.2) is 14.6 Å². The minimum atomic E-state index is -5.08. The second-order valence-corrected chi connectivity index (χ2v) is 8.72. The molecule has 38 heavy (non-hydrogen) atoms. The second-order valence-electron chi connectivity index (χ2n) is 8.72. The fourth-order valence-electron chi connectivity index (χ4n) is 3.31. The molecule has 0 saturated carbocycles. The van der Waals surface area contributed by atoms with Crippen LogP contribution in [0.2, 0.25) is 0 Å². The quantitative estimate of drug-likeness (QED) is 0.277. The molecule has 0 fully saturated rings. The minimum Gasteiger partial charge on any atom is -0.478 e. The van der Waals surface area contributed by atoms with Crippen LogP contribution in [-0.4, -0.2) is 75.5 Å². The normalized spacial score (nSPS) is 11.9. The summed E-state index contributed by atoms with van der Waals surface area (Å²) in [4.78, 5) is 53.4. The van der Waals surface area contributed by atoms with Gasteiger partial charge in [-0.05, 0) is 39.1 Å². The van der Waals surface area contributed by atoms with Gasteiger partial charge in [0.05, 0.1) is 30.0 Å². The maximum Gasteiger partial charge on any atom is 0.490 e. The molecule has 0 unspecified atom stereocenters. The number of aromatic carboxylic acids is 1. The van der Waals surface area contributed by atoms with E-state index in [9.17, 15) is 32.7 Å².